The third kappa shape index (κ3) is 5.14. The molecule has 9 heteroatoms. The van der Waals surface area contributed by atoms with Crippen LogP contribution < -0.4 is 5.32 Å². The first-order valence-electron chi connectivity index (χ1n) is 8.80. The lowest BCUT2D eigenvalue weighted by atomic mass is 9.96. The molecule has 148 valence electrons. The quantitative estimate of drug-likeness (QED) is 0.634. The van der Waals surface area contributed by atoms with Crippen LogP contribution in [0, 0.1) is 0 Å². The number of halogens is 1. The summed E-state index contributed by atoms with van der Waals surface area (Å²) >= 11 is 7.57. The average molecular weight is 420 g/mol. The van der Waals surface area contributed by atoms with Crippen LogP contribution in [0.15, 0.2) is 45.2 Å². The maximum absolute atomic E-state index is 12.4. The minimum atomic E-state index is -0.193. The van der Waals surface area contributed by atoms with Gasteiger partial charge in [0.25, 0.3) is 0 Å². The first-order valence-corrected chi connectivity index (χ1v) is 9.99. The van der Waals surface area contributed by atoms with E-state index in [-0.39, 0.29) is 17.7 Å². The molecule has 28 heavy (non-hydrogen) atoms. The molecule has 0 fully saturated rings. The van der Waals surface area contributed by atoms with Gasteiger partial charge in [0.1, 0.15) is 0 Å². The Morgan fingerprint density at radius 1 is 1.36 bits per heavy atom. The topological polar surface area (TPSA) is 85.8 Å². The predicted octanol–water partition coefficient (Wildman–Crippen LogP) is 4.48. The van der Waals surface area contributed by atoms with Crippen LogP contribution in [0.5, 0.6) is 0 Å². The normalized spacial score (nSPS) is 11.6. The molecule has 1 amide bonds. The van der Waals surface area contributed by atoms with E-state index in [1.807, 2.05) is 44.6 Å². The van der Waals surface area contributed by atoms with Crippen LogP contribution in [0.25, 0.3) is 0 Å². The zero-order valence-corrected chi connectivity index (χ0v) is 17.8. The fourth-order valence-corrected chi connectivity index (χ4v) is 3.37. The summed E-state index contributed by atoms with van der Waals surface area (Å²) in [5, 5.41) is 8.26. The summed E-state index contributed by atoms with van der Waals surface area (Å²) in [5.74, 6) is 0.930. The molecular weight excluding hydrogens is 398 g/mol. The van der Waals surface area contributed by atoms with Crippen LogP contribution in [0.4, 0.5) is 5.69 Å². The minimum absolute atomic E-state index is 0.153. The number of hydrogen-bond acceptors (Lipinski definition) is 6. The number of nitrogens with one attached hydrogen (secondary N) is 1. The number of amides is 1. The van der Waals surface area contributed by atoms with E-state index in [9.17, 15) is 4.79 Å². The molecule has 0 aliphatic heterocycles. The van der Waals surface area contributed by atoms with E-state index in [1.165, 1.54) is 11.8 Å². The molecule has 0 saturated heterocycles. The van der Waals surface area contributed by atoms with E-state index >= 15 is 0 Å². The highest BCUT2D eigenvalue weighted by atomic mass is 35.5. The number of nitrogens with zero attached hydrogens (tertiary/aromatic N) is 4. The van der Waals surface area contributed by atoms with E-state index in [2.05, 4.69) is 20.4 Å². The Balaban J connectivity index is 1.66. The number of aromatic nitrogens is 4. The van der Waals surface area contributed by atoms with E-state index in [1.54, 1.807) is 18.3 Å². The van der Waals surface area contributed by atoms with Gasteiger partial charge in [-0.2, -0.15) is 4.98 Å². The van der Waals surface area contributed by atoms with Gasteiger partial charge in [-0.3, -0.25) is 4.79 Å². The van der Waals surface area contributed by atoms with Crippen LogP contribution >= 0.6 is 23.4 Å². The number of benzene rings is 1. The van der Waals surface area contributed by atoms with Gasteiger partial charge in [-0.25, -0.2) is 4.98 Å². The molecule has 1 aromatic carbocycles. The minimum Gasteiger partial charge on any atom is -0.339 e. The smallest absolute Gasteiger partial charge is 0.227 e. The molecule has 0 bridgehead atoms. The highest BCUT2D eigenvalue weighted by Gasteiger charge is 2.21. The van der Waals surface area contributed by atoms with Gasteiger partial charge in [0.2, 0.25) is 11.8 Å². The Morgan fingerprint density at radius 3 is 2.79 bits per heavy atom. The number of rotatable bonds is 6. The van der Waals surface area contributed by atoms with Crippen molar-refractivity contribution in [2.45, 2.75) is 49.1 Å². The van der Waals surface area contributed by atoms with E-state index in [0.717, 1.165) is 10.1 Å². The Bertz CT molecular complexity index is 977. The van der Waals surface area contributed by atoms with Crippen molar-refractivity contribution < 1.29 is 9.32 Å². The van der Waals surface area contributed by atoms with Gasteiger partial charge in [-0.15, -0.1) is 0 Å². The van der Waals surface area contributed by atoms with Crippen molar-refractivity contribution in [3.05, 3.63) is 47.3 Å². The third-order valence-corrected chi connectivity index (χ3v) is 5.29. The molecule has 0 aliphatic carbocycles. The van der Waals surface area contributed by atoms with Crippen LogP contribution in [0.2, 0.25) is 5.02 Å². The van der Waals surface area contributed by atoms with Gasteiger partial charge in [0.15, 0.2) is 11.0 Å². The third-order valence-electron chi connectivity index (χ3n) is 3.90. The number of imidazole rings is 1. The Hall–Kier alpha value is -2.32. The van der Waals surface area contributed by atoms with Crippen molar-refractivity contribution >= 4 is 35.0 Å². The number of carbonyl (C=O) groups excluding carboxylic acids is 1. The van der Waals surface area contributed by atoms with Gasteiger partial charge in [-0.1, -0.05) is 37.5 Å². The van der Waals surface area contributed by atoms with Crippen molar-refractivity contribution in [2.24, 2.45) is 7.05 Å². The Morgan fingerprint density at radius 2 is 2.14 bits per heavy atom. The molecule has 1 N–H and O–H groups in total. The summed E-state index contributed by atoms with van der Waals surface area (Å²) < 4.78 is 7.15. The average Bonchev–Trinajstić information content (AvgIpc) is 3.25. The van der Waals surface area contributed by atoms with Gasteiger partial charge in [-0.05, 0) is 30.0 Å². The molecule has 0 aliphatic rings. The number of carbonyl (C=O) groups is 1. The molecule has 2 heterocycles. The second-order valence-corrected chi connectivity index (χ2v) is 8.82. The molecule has 0 atom stereocenters. The van der Waals surface area contributed by atoms with E-state index in [0.29, 0.717) is 28.8 Å². The van der Waals surface area contributed by atoms with Gasteiger partial charge >= 0.3 is 0 Å². The van der Waals surface area contributed by atoms with E-state index < -0.39 is 0 Å². The summed E-state index contributed by atoms with van der Waals surface area (Å²) in [6, 6.07) is 5.38. The zero-order chi connectivity index (χ0) is 20.3. The molecule has 3 aromatic rings. The fourth-order valence-electron chi connectivity index (χ4n) is 2.33. The van der Waals surface area contributed by atoms with Crippen molar-refractivity contribution in [3.8, 4) is 0 Å². The maximum Gasteiger partial charge on any atom is 0.227 e. The Kier molecular flexibility index (Phi) is 6.10. The van der Waals surface area contributed by atoms with Gasteiger partial charge in [0, 0.05) is 47.6 Å². The monoisotopic (exact) mass is 419 g/mol. The zero-order valence-electron chi connectivity index (χ0n) is 16.2. The second-order valence-electron chi connectivity index (χ2n) is 7.37. The van der Waals surface area contributed by atoms with Crippen LogP contribution in [-0.2, 0) is 23.7 Å². The van der Waals surface area contributed by atoms with Crippen LogP contribution in [-0.4, -0.2) is 25.6 Å². The number of hydrogen-bond donors (Lipinski definition) is 1. The fraction of sp³-hybridized carbons (Fsp3) is 0.368. The highest BCUT2D eigenvalue weighted by Crippen LogP contribution is 2.34. The van der Waals surface area contributed by atoms with Crippen molar-refractivity contribution in [1.82, 2.24) is 19.7 Å². The second kappa shape index (κ2) is 8.36. The summed E-state index contributed by atoms with van der Waals surface area (Å²) in [6.45, 7) is 6.02. The SMILES string of the molecule is Cn1ccnc1Sc1ccc(Cl)cc1NC(=O)CCc1nc(C(C)(C)C)no1. The molecule has 0 radical (unpaired) electrons. The first kappa shape index (κ1) is 20.4. The van der Waals surface area contributed by atoms with Crippen molar-refractivity contribution in [2.75, 3.05) is 5.32 Å². The van der Waals surface area contributed by atoms with Crippen LogP contribution in [0.1, 0.15) is 38.9 Å². The largest absolute Gasteiger partial charge is 0.339 e. The van der Waals surface area contributed by atoms with Gasteiger partial charge in [0.05, 0.1) is 5.69 Å². The molecule has 3 rings (SSSR count). The van der Waals surface area contributed by atoms with Gasteiger partial charge < -0.3 is 14.4 Å². The van der Waals surface area contributed by atoms with E-state index in [4.69, 9.17) is 16.1 Å². The van der Waals surface area contributed by atoms with Crippen LogP contribution in [0.3, 0.4) is 0 Å². The molecule has 7 nitrogen and oxygen atoms in total. The number of aryl methyl sites for hydroxylation is 2. The first-order chi connectivity index (χ1) is 13.2. The molecular formula is C19H22ClN5O2S. The highest BCUT2D eigenvalue weighted by molar-refractivity contribution is 7.99. The van der Waals surface area contributed by atoms with Crippen molar-refractivity contribution in [3.63, 3.8) is 0 Å². The standard InChI is InChI=1S/C19H22ClN5O2S/c1-19(2,3)17-23-16(27-24-17)8-7-15(26)22-13-11-12(20)5-6-14(13)28-18-21-9-10-25(18)4/h5-6,9-11H,7-8H2,1-4H3,(H,22,26). The molecule has 2 aromatic heterocycles. The Labute approximate surface area is 172 Å². The summed E-state index contributed by atoms with van der Waals surface area (Å²) in [5.41, 5.74) is 0.452. The molecule has 0 saturated carbocycles. The lowest BCUT2D eigenvalue weighted by Gasteiger charge is -2.11. The maximum atomic E-state index is 12.4. The summed E-state index contributed by atoms with van der Waals surface area (Å²) in [4.78, 5) is 22.0. The summed E-state index contributed by atoms with van der Waals surface area (Å²) in [6.07, 6.45) is 4.20. The predicted molar refractivity (Wildman–Crippen MR) is 109 cm³/mol. The lowest BCUT2D eigenvalue weighted by Crippen LogP contribution is -2.14. The molecule has 0 unspecified atom stereocenters. The number of anilines is 1. The lowest BCUT2D eigenvalue weighted by molar-refractivity contribution is -0.116. The summed E-state index contributed by atoms with van der Waals surface area (Å²) in [7, 11) is 1.92. The molecule has 0 spiro atoms. The van der Waals surface area contributed by atoms with Crippen molar-refractivity contribution in [1.29, 1.82) is 0 Å².